The zero-order valence-electron chi connectivity index (χ0n) is 54.9. The molecule has 480 valence electrons. The zero-order chi connectivity index (χ0) is 60.7. The van der Waals surface area contributed by atoms with Gasteiger partial charge >= 0.3 is 5.97 Å². The maximum Gasteiger partial charge on any atom is 0.306 e. The summed E-state index contributed by atoms with van der Waals surface area (Å²) in [6.07, 6.45) is 83.8. The highest BCUT2D eigenvalue weighted by Gasteiger charge is 2.27. The minimum Gasteiger partial charge on any atom is -0.756 e. The van der Waals surface area contributed by atoms with Crippen molar-refractivity contribution < 1.29 is 37.3 Å². The third-order valence-corrected chi connectivity index (χ3v) is 16.0. The Morgan fingerprint density at radius 3 is 1.17 bits per heavy atom. The van der Waals surface area contributed by atoms with E-state index in [1.165, 1.54) is 148 Å². The van der Waals surface area contributed by atoms with Crippen molar-refractivity contribution in [3.05, 3.63) is 97.2 Å². The molecule has 0 aliphatic rings. The van der Waals surface area contributed by atoms with Crippen LogP contribution in [0.3, 0.4) is 0 Å². The van der Waals surface area contributed by atoms with Gasteiger partial charge in [-0.1, -0.05) is 279 Å². The number of nitrogens with one attached hydrogen (secondary N) is 1. The first-order valence-electron chi connectivity index (χ1n) is 34.5. The van der Waals surface area contributed by atoms with Gasteiger partial charge in [-0.05, 0) is 109 Å². The van der Waals surface area contributed by atoms with Gasteiger partial charge in [-0.3, -0.25) is 14.2 Å². The molecule has 0 aromatic heterocycles. The molecule has 9 nitrogen and oxygen atoms in total. The topological polar surface area (TPSA) is 114 Å². The van der Waals surface area contributed by atoms with Crippen molar-refractivity contribution in [2.45, 2.75) is 315 Å². The number of unbranched alkanes of at least 4 members (excludes halogenated alkanes) is 32. The molecule has 0 aromatic rings. The minimum atomic E-state index is -4.71. The number of amides is 1. The standard InChI is InChI=1S/C73H131N2O7P/c1-7-10-13-16-19-22-25-27-29-31-33-35-36-37-38-40-41-43-45-47-50-53-56-59-62-65-72(76)74-70(69-81-83(78,79)80-68-67-75(4,5)6)71(64-61-58-55-52-49-24-21-18-15-12-9-3)82-73(77)66-63-60-57-54-51-48-46-44-42-39-34-32-30-28-26-23-20-17-14-11-8-2/h10,13,19,22,27-30,33,35,37-38,41,43,61,64,70-71H,7-9,11-12,14-18,20-21,23-26,31-32,34,36,39-40,42,44-60,62-63,65-69H2,1-6H3,(H-,74,76,78,79)/b13-10-,22-19-,29-27-,30-28+,35-33-,38-37-,43-41-,64-61-. The number of hydrogen-bond donors (Lipinski definition) is 1. The van der Waals surface area contributed by atoms with Crippen molar-refractivity contribution in [3.8, 4) is 0 Å². The predicted molar refractivity (Wildman–Crippen MR) is 358 cm³/mol. The second-order valence-electron chi connectivity index (χ2n) is 24.3. The Bertz CT molecular complexity index is 1740. The van der Waals surface area contributed by atoms with Crippen LogP contribution in [-0.2, 0) is 27.9 Å². The number of esters is 1. The van der Waals surface area contributed by atoms with E-state index in [1.54, 1.807) is 0 Å². The van der Waals surface area contributed by atoms with E-state index in [1.807, 2.05) is 33.3 Å². The lowest BCUT2D eigenvalue weighted by Gasteiger charge is -2.30. The lowest BCUT2D eigenvalue weighted by molar-refractivity contribution is -0.870. The number of carbonyl (C=O) groups is 2. The molecule has 0 aliphatic carbocycles. The molecule has 0 aliphatic heterocycles. The maximum atomic E-state index is 13.6. The molecule has 1 N–H and O–H groups in total. The van der Waals surface area contributed by atoms with Crippen molar-refractivity contribution in [2.75, 3.05) is 40.9 Å². The van der Waals surface area contributed by atoms with Gasteiger partial charge in [0.2, 0.25) is 5.91 Å². The number of ether oxygens (including phenoxy) is 1. The highest BCUT2D eigenvalue weighted by Crippen LogP contribution is 2.38. The molecular formula is C73H131N2O7P. The molecule has 83 heavy (non-hydrogen) atoms. The van der Waals surface area contributed by atoms with Crippen LogP contribution in [0.2, 0.25) is 0 Å². The van der Waals surface area contributed by atoms with E-state index in [4.69, 9.17) is 13.8 Å². The highest BCUT2D eigenvalue weighted by molar-refractivity contribution is 7.45. The summed E-state index contributed by atoms with van der Waals surface area (Å²) >= 11 is 0. The molecule has 0 aromatic carbocycles. The second kappa shape index (κ2) is 62.0. The Balaban J connectivity index is 5.11. The SMILES string of the molecule is CC/C=C\C/C=C\C/C=C\C/C=C\C/C=C\C/C=C\CCCCCCCCC(=O)NC(COP(=O)([O-])OCC[N+](C)(C)C)C(/C=C\CCCCCCCCCCC)OC(=O)CCCCCCCCCCCCC/C=C/CCCCCCCC. The molecule has 0 rings (SSSR count). The Labute approximate surface area is 513 Å². The summed E-state index contributed by atoms with van der Waals surface area (Å²) in [5.74, 6) is -0.557. The quantitative estimate of drug-likeness (QED) is 0.0212. The summed E-state index contributed by atoms with van der Waals surface area (Å²) in [6.45, 7) is 6.72. The summed E-state index contributed by atoms with van der Waals surface area (Å²) in [7, 11) is 1.17. The van der Waals surface area contributed by atoms with E-state index in [0.717, 1.165) is 122 Å². The van der Waals surface area contributed by atoms with Crippen molar-refractivity contribution in [1.82, 2.24) is 5.32 Å². The number of phosphoric ester groups is 1. The van der Waals surface area contributed by atoms with Crippen molar-refractivity contribution in [1.29, 1.82) is 0 Å². The molecule has 1 amide bonds. The molecule has 0 heterocycles. The van der Waals surface area contributed by atoms with Gasteiger partial charge in [-0.15, -0.1) is 0 Å². The van der Waals surface area contributed by atoms with Crippen LogP contribution in [0.15, 0.2) is 97.2 Å². The normalized spacial score (nSPS) is 14.2. The fraction of sp³-hybridized carbons (Fsp3) is 0.753. The first-order valence-corrected chi connectivity index (χ1v) is 36.0. The number of nitrogens with zero attached hydrogens (tertiary/aromatic N) is 1. The van der Waals surface area contributed by atoms with Gasteiger partial charge in [-0.2, -0.15) is 0 Å². The highest BCUT2D eigenvalue weighted by atomic mass is 31.2. The first-order chi connectivity index (χ1) is 40.4. The molecular weight excluding hydrogens is 1050 g/mol. The smallest absolute Gasteiger partial charge is 0.306 e. The largest absolute Gasteiger partial charge is 0.756 e. The second-order valence-corrected chi connectivity index (χ2v) is 25.7. The molecule has 0 radical (unpaired) electrons. The monoisotopic (exact) mass is 1180 g/mol. The minimum absolute atomic E-state index is 0.0292. The van der Waals surface area contributed by atoms with E-state index >= 15 is 0 Å². The molecule has 3 unspecified atom stereocenters. The number of phosphoric acid groups is 1. The molecule has 10 heteroatoms. The Morgan fingerprint density at radius 2 is 0.771 bits per heavy atom. The van der Waals surface area contributed by atoms with E-state index in [9.17, 15) is 19.0 Å². The Morgan fingerprint density at radius 1 is 0.434 bits per heavy atom. The number of carbonyl (C=O) groups excluding carboxylic acids is 2. The van der Waals surface area contributed by atoms with Gasteiger partial charge in [-0.25, -0.2) is 0 Å². The maximum absolute atomic E-state index is 13.6. The van der Waals surface area contributed by atoms with Crippen molar-refractivity contribution >= 4 is 19.7 Å². The van der Waals surface area contributed by atoms with Gasteiger partial charge in [0.15, 0.2) is 0 Å². The number of likely N-dealkylation sites (N-methyl/N-ethyl adjacent to an activating group) is 1. The first kappa shape index (κ1) is 79.9. The Kier molecular flexibility index (Phi) is 59.7. The van der Waals surface area contributed by atoms with Gasteiger partial charge in [0.05, 0.1) is 33.8 Å². The summed E-state index contributed by atoms with van der Waals surface area (Å²) in [5, 5.41) is 3.03. The average molecular weight is 1180 g/mol. The third-order valence-electron chi connectivity index (χ3n) is 15.0. The third kappa shape index (κ3) is 63.3. The van der Waals surface area contributed by atoms with Crippen LogP contribution in [0.1, 0.15) is 303 Å². The number of quaternary nitrogens is 1. The molecule has 0 saturated heterocycles. The van der Waals surface area contributed by atoms with Gasteiger partial charge in [0.1, 0.15) is 19.3 Å². The molecule has 0 saturated carbocycles. The predicted octanol–water partition coefficient (Wildman–Crippen LogP) is 21.3. The number of hydrogen-bond acceptors (Lipinski definition) is 7. The molecule has 3 atom stereocenters. The van der Waals surface area contributed by atoms with Crippen LogP contribution >= 0.6 is 7.82 Å². The Hall–Kier alpha value is -3.07. The van der Waals surface area contributed by atoms with E-state index in [-0.39, 0.29) is 24.9 Å². The van der Waals surface area contributed by atoms with Crippen LogP contribution in [-0.4, -0.2) is 69.4 Å². The molecule has 0 fully saturated rings. The van der Waals surface area contributed by atoms with Crippen molar-refractivity contribution in [2.24, 2.45) is 0 Å². The zero-order valence-corrected chi connectivity index (χ0v) is 55.8. The van der Waals surface area contributed by atoms with Crippen LogP contribution in [0.4, 0.5) is 0 Å². The lowest BCUT2D eigenvalue weighted by atomic mass is 10.0. The number of rotatable bonds is 62. The van der Waals surface area contributed by atoms with Gasteiger partial charge < -0.3 is 28.5 Å². The van der Waals surface area contributed by atoms with Crippen LogP contribution < -0.4 is 10.2 Å². The molecule has 0 spiro atoms. The van der Waals surface area contributed by atoms with Crippen LogP contribution in [0.25, 0.3) is 0 Å². The molecule has 0 bridgehead atoms. The van der Waals surface area contributed by atoms with Gasteiger partial charge in [0, 0.05) is 12.8 Å². The summed E-state index contributed by atoms with van der Waals surface area (Å²) in [5.41, 5.74) is 0. The lowest BCUT2D eigenvalue weighted by Crippen LogP contribution is -2.47. The van der Waals surface area contributed by atoms with Gasteiger partial charge in [0.25, 0.3) is 7.82 Å². The average Bonchev–Trinajstić information content (AvgIpc) is 3.51. The summed E-state index contributed by atoms with van der Waals surface area (Å²) in [6, 6.07) is -0.902. The van der Waals surface area contributed by atoms with Crippen molar-refractivity contribution in [3.63, 3.8) is 0 Å². The van der Waals surface area contributed by atoms with E-state index < -0.39 is 26.6 Å². The summed E-state index contributed by atoms with van der Waals surface area (Å²) < 4.78 is 30.4. The van der Waals surface area contributed by atoms with E-state index in [0.29, 0.717) is 17.4 Å². The summed E-state index contributed by atoms with van der Waals surface area (Å²) in [4.78, 5) is 40.1. The number of allylic oxidation sites excluding steroid dienone is 15. The fourth-order valence-electron chi connectivity index (χ4n) is 9.70. The fourth-order valence-corrected chi connectivity index (χ4v) is 10.4. The van der Waals surface area contributed by atoms with E-state index in [2.05, 4.69) is 111 Å². The van der Waals surface area contributed by atoms with Crippen LogP contribution in [0.5, 0.6) is 0 Å². The van der Waals surface area contributed by atoms with Crippen LogP contribution in [0, 0.1) is 0 Å².